The maximum atomic E-state index is 6.43. The molecule has 0 aliphatic carbocycles. The maximum absolute atomic E-state index is 6.43. The number of fused-ring (bicyclic) bond motifs is 1. The Bertz CT molecular complexity index is 446. The zero-order valence-corrected chi connectivity index (χ0v) is 12.6. The van der Waals surface area contributed by atoms with Gasteiger partial charge in [0.1, 0.15) is 0 Å². The molecular weight excluding hydrogens is 246 g/mol. The Balaban J connectivity index is 1.61. The Morgan fingerprint density at radius 1 is 1.25 bits per heavy atom. The molecule has 2 heterocycles. The number of hydrogen-bond donors (Lipinski definition) is 1. The molecule has 1 aromatic carbocycles. The van der Waals surface area contributed by atoms with Crippen molar-refractivity contribution in [2.75, 3.05) is 32.7 Å². The molecule has 20 heavy (non-hydrogen) atoms. The Kier molecular flexibility index (Phi) is 4.39. The van der Waals surface area contributed by atoms with Gasteiger partial charge in [0.25, 0.3) is 0 Å². The first kappa shape index (κ1) is 14.1. The highest BCUT2D eigenvalue weighted by Crippen LogP contribution is 2.22. The summed E-state index contributed by atoms with van der Waals surface area (Å²) in [4.78, 5) is 5.27. The van der Waals surface area contributed by atoms with E-state index in [0.29, 0.717) is 0 Å². The van der Waals surface area contributed by atoms with Gasteiger partial charge in [0.15, 0.2) is 0 Å². The highest BCUT2D eigenvalue weighted by Gasteiger charge is 2.29. The molecule has 2 fully saturated rings. The minimum absolute atomic E-state index is 0.142. The van der Waals surface area contributed by atoms with E-state index in [2.05, 4.69) is 41.0 Å². The van der Waals surface area contributed by atoms with Gasteiger partial charge < -0.3 is 5.73 Å². The Hall–Kier alpha value is -0.900. The summed E-state index contributed by atoms with van der Waals surface area (Å²) >= 11 is 0. The minimum atomic E-state index is 0.142. The summed E-state index contributed by atoms with van der Waals surface area (Å²) in [5.74, 6) is 0. The van der Waals surface area contributed by atoms with Crippen molar-refractivity contribution in [2.24, 2.45) is 5.73 Å². The topological polar surface area (TPSA) is 32.5 Å². The van der Waals surface area contributed by atoms with Crippen molar-refractivity contribution in [1.82, 2.24) is 9.80 Å². The van der Waals surface area contributed by atoms with E-state index in [-0.39, 0.29) is 6.04 Å². The van der Waals surface area contributed by atoms with E-state index >= 15 is 0 Å². The van der Waals surface area contributed by atoms with E-state index < -0.39 is 0 Å². The fourth-order valence-corrected chi connectivity index (χ4v) is 3.73. The normalized spacial score (nSPS) is 26.2. The van der Waals surface area contributed by atoms with Crippen LogP contribution in [0.1, 0.15) is 36.4 Å². The Labute approximate surface area is 122 Å². The van der Waals surface area contributed by atoms with Crippen molar-refractivity contribution >= 4 is 0 Å². The van der Waals surface area contributed by atoms with Gasteiger partial charge in [-0.05, 0) is 51.4 Å². The van der Waals surface area contributed by atoms with Gasteiger partial charge in [-0.2, -0.15) is 0 Å². The van der Waals surface area contributed by atoms with Gasteiger partial charge in [-0.25, -0.2) is 0 Å². The smallest absolute Gasteiger partial charge is 0.0424 e. The monoisotopic (exact) mass is 273 g/mol. The van der Waals surface area contributed by atoms with Crippen LogP contribution in [0.15, 0.2) is 24.3 Å². The van der Waals surface area contributed by atoms with E-state index in [1.54, 1.807) is 0 Å². The van der Waals surface area contributed by atoms with Crippen molar-refractivity contribution < 1.29 is 0 Å². The highest BCUT2D eigenvalue weighted by molar-refractivity contribution is 5.25. The van der Waals surface area contributed by atoms with Crippen LogP contribution >= 0.6 is 0 Å². The number of rotatable bonds is 3. The van der Waals surface area contributed by atoms with Crippen molar-refractivity contribution in [3.8, 4) is 0 Å². The molecule has 2 aliphatic heterocycles. The van der Waals surface area contributed by atoms with Gasteiger partial charge in [0, 0.05) is 25.2 Å². The van der Waals surface area contributed by atoms with Crippen molar-refractivity contribution in [3.63, 3.8) is 0 Å². The Morgan fingerprint density at radius 3 is 2.95 bits per heavy atom. The quantitative estimate of drug-likeness (QED) is 0.916. The van der Waals surface area contributed by atoms with Crippen LogP contribution in [0.2, 0.25) is 0 Å². The van der Waals surface area contributed by atoms with E-state index in [1.165, 1.54) is 56.6 Å². The van der Waals surface area contributed by atoms with Crippen LogP contribution < -0.4 is 5.73 Å². The second-order valence-corrected chi connectivity index (χ2v) is 6.47. The molecule has 0 amide bonds. The molecule has 0 bridgehead atoms. The number of benzene rings is 1. The lowest BCUT2D eigenvalue weighted by molar-refractivity contribution is 0.213. The maximum Gasteiger partial charge on any atom is 0.0424 e. The molecule has 2 N–H and O–H groups in total. The minimum Gasteiger partial charge on any atom is -0.323 e. The average molecular weight is 273 g/mol. The van der Waals surface area contributed by atoms with Crippen LogP contribution in [0.25, 0.3) is 0 Å². The number of nitrogens with zero attached hydrogens (tertiary/aromatic N) is 2. The van der Waals surface area contributed by atoms with Crippen molar-refractivity contribution in [1.29, 1.82) is 0 Å². The summed E-state index contributed by atoms with van der Waals surface area (Å²) < 4.78 is 0. The molecule has 110 valence electrons. The van der Waals surface area contributed by atoms with Gasteiger partial charge >= 0.3 is 0 Å². The summed E-state index contributed by atoms with van der Waals surface area (Å²) in [6, 6.07) is 9.57. The molecule has 2 atom stereocenters. The van der Waals surface area contributed by atoms with Gasteiger partial charge in [0.2, 0.25) is 0 Å². The first-order valence-corrected chi connectivity index (χ1v) is 8.01. The van der Waals surface area contributed by atoms with Crippen LogP contribution in [0.4, 0.5) is 0 Å². The SMILES string of the molecule is Cc1cccc(C(N)CN2CCCN3CCCC3C2)c1. The second-order valence-electron chi connectivity index (χ2n) is 6.47. The summed E-state index contributed by atoms with van der Waals surface area (Å²) in [6.45, 7) is 8.13. The van der Waals surface area contributed by atoms with Gasteiger partial charge in [-0.1, -0.05) is 29.8 Å². The summed E-state index contributed by atoms with van der Waals surface area (Å²) in [6.07, 6.45) is 4.04. The number of aryl methyl sites for hydroxylation is 1. The average Bonchev–Trinajstić information content (AvgIpc) is 2.78. The highest BCUT2D eigenvalue weighted by atomic mass is 15.3. The molecule has 2 aliphatic rings. The first-order chi connectivity index (χ1) is 9.72. The lowest BCUT2D eigenvalue weighted by Crippen LogP contribution is -2.39. The lowest BCUT2D eigenvalue weighted by Gasteiger charge is -2.27. The van der Waals surface area contributed by atoms with Gasteiger partial charge in [-0.3, -0.25) is 9.80 Å². The molecule has 0 spiro atoms. The molecule has 0 saturated carbocycles. The largest absolute Gasteiger partial charge is 0.323 e. The van der Waals surface area contributed by atoms with E-state index in [9.17, 15) is 0 Å². The predicted octanol–water partition coefficient (Wildman–Crippen LogP) is 2.16. The third-order valence-corrected chi connectivity index (χ3v) is 4.81. The number of nitrogens with two attached hydrogens (primary N) is 1. The third kappa shape index (κ3) is 3.22. The van der Waals surface area contributed by atoms with Crippen LogP contribution in [-0.2, 0) is 0 Å². The Morgan fingerprint density at radius 2 is 2.10 bits per heavy atom. The molecule has 2 unspecified atom stereocenters. The molecule has 0 aromatic heterocycles. The van der Waals surface area contributed by atoms with E-state index in [4.69, 9.17) is 5.73 Å². The molecule has 2 saturated heterocycles. The third-order valence-electron chi connectivity index (χ3n) is 4.81. The van der Waals surface area contributed by atoms with Gasteiger partial charge in [0.05, 0.1) is 0 Å². The molecular formula is C17H27N3. The second kappa shape index (κ2) is 6.25. The van der Waals surface area contributed by atoms with Crippen molar-refractivity contribution in [2.45, 2.75) is 38.3 Å². The molecule has 3 heteroatoms. The summed E-state index contributed by atoms with van der Waals surface area (Å²) in [5.41, 5.74) is 9.00. The van der Waals surface area contributed by atoms with Crippen molar-refractivity contribution in [3.05, 3.63) is 35.4 Å². The zero-order valence-electron chi connectivity index (χ0n) is 12.6. The first-order valence-electron chi connectivity index (χ1n) is 8.01. The van der Waals surface area contributed by atoms with Crippen LogP contribution in [0, 0.1) is 6.92 Å². The van der Waals surface area contributed by atoms with Crippen LogP contribution in [0.3, 0.4) is 0 Å². The van der Waals surface area contributed by atoms with Crippen LogP contribution in [-0.4, -0.2) is 48.6 Å². The fourth-order valence-electron chi connectivity index (χ4n) is 3.73. The predicted molar refractivity (Wildman–Crippen MR) is 83.8 cm³/mol. The molecule has 3 rings (SSSR count). The molecule has 1 aromatic rings. The zero-order chi connectivity index (χ0) is 13.9. The van der Waals surface area contributed by atoms with Crippen LogP contribution in [0.5, 0.6) is 0 Å². The van der Waals surface area contributed by atoms with Gasteiger partial charge in [-0.15, -0.1) is 0 Å². The number of hydrogen-bond acceptors (Lipinski definition) is 3. The lowest BCUT2D eigenvalue weighted by atomic mass is 10.0. The van der Waals surface area contributed by atoms with E-state index in [1.807, 2.05) is 0 Å². The van der Waals surface area contributed by atoms with E-state index in [0.717, 1.165) is 12.6 Å². The standard InChI is InChI=1S/C17H27N3/c1-14-5-2-6-15(11-14)17(18)13-19-8-4-10-20-9-3-7-16(20)12-19/h2,5-6,11,16-17H,3-4,7-10,12-13,18H2,1H3. The molecule has 0 radical (unpaired) electrons. The summed E-state index contributed by atoms with van der Waals surface area (Å²) in [5, 5.41) is 0. The molecule has 3 nitrogen and oxygen atoms in total. The summed E-state index contributed by atoms with van der Waals surface area (Å²) in [7, 11) is 0. The fraction of sp³-hybridized carbons (Fsp3) is 0.647.